The van der Waals surface area contributed by atoms with Crippen LogP contribution in [-0.4, -0.2) is 53.2 Å². The number of carboxylic acid groups (broad SMARTS) is 1. The number of carbonyl (C=O) groups is 2. The number of hydrogen-bond acceptors (Lipinski definition) is 4. The Morgan fingerprint density at radius 3 is 2.00 bits per heavy atom. The fourth-order valence-electron chi connectivity index (χ4n) is 3.73. The highest BCUT2D eigenvalue weighted by Gasteiger charge is 2.36. The summed E-state index contributed by atoms with van der Waals surface area (Å²) in [5, 5.41) is 12.2. The van der Waals surface area contributed by atoms with Crippen LogP contribution in [0.2, 0.25) is 0 Å². The van der Waals surface area contributed by atoms with Gasteiger partial charge in [0.15, 0.2) is 6.04 Å². The molecule has 2 N–H and O–H groups in total. The summed E-state index contributed by atoms with van der Waals surface area (Å²) in [6.07, 6.45) is 2.52. The first-order chi connectivity index (χ1) is 14.9. The van der Waals surface area contributed by atoms with Crippen molar-refractivity contribution in [3.63, 3.8) is 0 Å². The summed E-state index contributed by atoms with van der Waals surface area (Å²) in [5.41, 5.74) is 4.47. The van der Waals surface area contributed by atoms with Crippen LogP contribution in [0, 0.1) is 0 Å². The summed E-state index contributed by atoms with van der Waals surface area (Å²) >= 11 is 0. The van der Waals surface area contributed by atoms with Crippen molar-refractivity contribution in [2.45, 2.75) is 50.5 Å². The van der Waals surface area contributed by atoms with E-state index in [-0.39, 0.29) is 17.3 Å². The van der Waals surface area contributed by atoms with Gasteiger partial charge in [-0.3, -0.25) is 0 Å². The molecule has 2 aromatic carbocycles. The maximum Gasteiger partial charge on any atom is 0.407 e. The molecule has 0 bridgehead atoms. The highest BCUT2D eigenvalue weighted by molar-refractivity contribution is 8.29. The number of hydrogen-bond donors (Lipinski definition) is 2. The number of carboxylic acids is 1. The molecule has 0 saturated heterocycles. The number of ether oxygens (including phenoxy) is 1. The van der Waals surface area contributed by atoms with Crippen LogP contribution in [-0.2, 0) is 13.7 Å². The van der Waals surface area contributed by atoms with Crippen LogP contribution in [0.4, 0.5) is 4.79 Å². The van der Waals surface area contributed by atoms with Crippen LogP contribution in [0.3, 0.4) is 0 Å². The minimum atomic E-state index is -1.56. The van der Waals surface area contributed by atoms with Gasteiger partial charge >= 0.3 is 12.1 Å². The van der Waals surface area contributed by atoms with Crippen LogP contribution < -0.4 is 5.32 Å². The Balaban J connectivity index is 1.68. The van der Waals surface area contributed by atoms with Gasteiger partial charge in [-0.25, -0.2) is 9.59 Å². The first-order valence-corrected chi connectivity index (χ1v) is 13.1. The van der Waals surface area contributed by atoms with Gasteiger partial charge in [0.25, 0.3) is 0 Å². The molecule has 0 radical (unpaired) electrons. The van der Waals surface area contributed by atoms with E-state index in [1.807, 2.05) is 48.9 Å². The lowest BCUT2D eigenvalue weighted by atomic mass is 9.98. The second-order valence-corrected chi connectivity index (χ2v) is 13.3. The van der Waals surface area contributed by atoms with Crippen molar-refractivity contribution < 1.29 is 23.6 Å². The van der Waals surface area contributed by atoms with Crippen LogP contribution in [0.1, 0.15) is 44.7 Å². The van der Waals surface area contributed by atoms with Crippen LogP contribution in [0.25, 0.3) is 11.1 Å². The largest absolute Gasteiger partial charge is 0.480 e. The maximum atomic E-state index is 12.6. The molecule has 0 heterocycles. The summed E-state index contributed by atoms with van der Waals surface area (Å²) in [6, 6.07) is 14.9. The van der Waals surface area contributed by atoms with Gasteiger partial charge < -0.3 is 19.3 Å². The molecule has 7 heteroatoms. The highest BCUT2D eigenvalue weighted by atomic mass is 32.3. The average molecular weight is 460 g/mol. The monoisotopic (exact) mass is 459 g/mol. The van der Waals surface area contributed by atoms with E-state index in [1.54, 1.807) is 6.92 Å². The van der Waals surface area contributed by atoms with Crippen LogP contribution >= 0.6 is 10.3 Å². The third kappa shape index (κ3) is 4.94. The van der Waals surface area contributed by atoms with Gasteiger partial charge in [0.1, 0.15) is 6.61 Å². The molecular weight excluding hydrogens is 426 g/mol. The Hall–Kier alpha value is -2.51. The van der Waals surface area contributed by atoms with Gasteiger partial charge in [-0.2, -0.15) is 0 Å². The Labute approximate surface area is 191 Å². The predicted octanol–water partition coefficient (Wildman–Crippen LogP) is 5.16. The molecule has 0 spiro atoms. The van der Waals surface area contributed by atoms with Gasteiger partial charge in [-0.1, -0.05) is 69.3 Å². The van der Waals surface area contributed by atoms with Crippen molar-refractivity contribution in [2.24, 2.45) is 0 Å². The number of alkyl carbamates (subject to hydrolysis) is 1. The molecule has 0 aromatic heterocycles. The first-order valence-electron chi connectivity index (χ1n) is 10.7. The molecule has 32 heavy (non-hydrogen) atoms. The van der Waals surface area contributed by atoms with Crippen molar-refractivity contribution >= 4 is 22.4 Å². The Bertz CT molecular complexity index is 952. The minimum absolute atomic E-state index is 0.0885. The molecule has 2 atom stereocenters. The van der Waals surface area contributed by atoms with Crippen molar-refractivity contribution in [1.29, 1.82) is 0 Å². The zero-order chi connectivity index (χ0) is 23.7. The van der Waals surface area contributed by atoms with E-state index < -0.39 is 34.5 Å². The molecule has 1 aliphatic carbocycles. The Kier molecular flexibility index (Phi) is 6.91. The predicted molar refractivity (Wildman–Crippen MR) is 129 cm³/mol. The Morgan fingerprint density at radius 2 is 1.53 bits per heavy atom. The SMILES string of the molecule is C[C@@H](OS(C)(C)C(C)(C)C)[C@@H](NC(=O)OCC1c2ccccc2-c2ccccc21)C(=O)O. The van der Waals surface area contributed by atoms with E-state index in [0.29, 0.717) is 0 Å². The van der Waals surface area contributed by atoms with Crippen LogP contribution in [0.15, 0.2) is 48.5 Å². The Morgan fingerprint density at radius 1 is 1.03 bits per heavy atom. The molecule has 1 amide bonds. The lowest BCUT2D eigenvalue weighted by Crippen LogP contribution is -2.49. The molecule has 1 aliphatic rings. The summed E-state index contributed by atoms with van der Waals surface area (Å²) in [5.74, 6) is -1.25. The fraction of sp³-hybridized carbons (Fsp3) is 0.440. The third-order valence-electron chi connectivity index (χ3n) is 6.22. The third-order valence-corrected chi connectivity index (χ3v) is 9.95. The molecule has 174 valence electrons. The smallest absolute Gasteiger partial charge is 0.407 e. The van der Waals surface area contributed by atoms with E-state index in [2.05, 4.69) is 38.2 Å². The van der Waals surface area contributed by atoms with E-state index in [9.17, 15) is 14.7 Å². The molecule has 3 rings (SSSR count). The van der Waals surface area contributed by atoms with E-state index in [0.717, 1.165) is 22.3 Å². The number of carbonyl (C=O) groups excluding carboxylic acids is 1. The van der Waals surface area contributed by atoms with E-state index in [4.69, 9.17) is 8.92 Å². The van der Waals surface area contributed by atoms with Gasteiger partial charge in [-0.15, -0.1) is 10.3 Å². The minimum Gasteiger partial charge on any atom is -0.480 e. The first kappa shape index (κ1) is 24.1. The number of benzene rings is 2. The maximum absolute atomic E-state index is 12.6. The van der Waals surface area contributed by atoms with Crippen molar-refractivity contribution in [1.82, 2.24) is 5.32 Å². The number of aliphatic carboxylic acids is 1. The number of amides is 1. The molecular formula is C25H33NO5S. The lowest BCUT2D eigenvalue weighted by Gasteiger charge is -2.46. The molecule has 0 fully saturated rings. The molecule has 0 aliphatic heterocycles. The second-order valence-electron chi connectivity index (χ2n) is 9.43. The van der Waals surface area contributed by atoms with E-state index >= 15 is 0 Å². The van der Waals surface area contributed by atoms with Gasteiger partial charge in [0.2, 0.25) is 0 Å². The highest BCUT2D eigenvalue weighted by Crippen LogP contribution is 2.54. The van der Waals surface area contributed by atoms with Gasteiger partial charge in [-0.05, 0) is 41.7 Å². The fourth-order valence-corrected chi connectivity index (χ4v) is 4.88. The van der Waals surface area contributed by atoms with Crippen LogP contribution in [0.5, 0.6) is 0 Å². The quantitative estimate of drug-likeness (QED) is 0.597. The number of rotatable bonds is 7. The van der Waals surface area contributed by atoms with Crippen molar-refractivity contribution in [3.8, 4) is 11.1 Å². The van der Waals surface area contributed by atoms with E-state index in [1.165, 1.54) is 0 Å². The lowest BCUT2D eigenvalue weighted by molar-refractivity contribution is -0.141. The normalized spacial score (nSPS) is 15.9. The molecule has 6 nitrogen and oxygen atoms in total. The molecule has 0 unspecified atom stereocenters. The van der Waals surface area contributed by atoms with Crippen molar-refractivity contribution in [2.75, 3.05) is 19.1 Å². The average Bonchev–Trinajstić information content (AvgIpc) is 3.03. The number of fused-ring (bicyclic) bond motifs is 3. The van der Waals surface area contributed by atoms with Gasteiger partial charge in [0, 0.05) is 10.7 Å². The summed E-state index contributed by atoms with van der Waals surface area (Å²) in [6.45, 7) is 7.97. The topological polar surface area (TPSA) is 84.9 Å². The summed E-state index contributed by atoms with van der Waals surface area (Å²) in [7, 11) is -1.56. The number of nitrogens with one attached hydrogen (secondary N) is 1. The summed E-state index contributed by atoms with van der Waals surface area (Å²) < 4.78 is 11.5. The molecule has 0 saturated carbocycles. The zero-order valence-corrected chi connectivity index (χ0v) is 20.4. The molecule has 2 aromatic rings. The van der Waals surface area contributed by atoms with Gasteiger partial charge in [0.05, 0.1) is 6.10 Å². The zero-order valence-electron chi connectivity index (χ0n) is 19.5. The standard InChI is InChI=1S/C25H33NO5S/c1-16(31-32(5,6)25(2,3)4)22(23(27)28)26-24(29)30-15-21-19-13-9-7-11-17(19)18-12-8-10-14-20(18)21/h7-14,16,21-22H,15H2,1-6H3,(H,26,29)(H,27,28)/t16-,22-/m1/s1. The summed E-state index contributed by atoms with van der Waals surface area (Å²) in [4.78, 5) is 24.4. The second kappa shape index (κ2) is 9.16. The van der Waals surface area contributed by atoms with Crippen molar-refractivity contribution in [3.05, 3.63) is 59.7 Å².